The minimum Gasteiger partial charge on any atom is -0.314 e. The van der Waals surface area contributed by atoms with E-state index in [1.54, 1.807) is 7.05 Å². The van der Waals surface area contributed by atoms with Crippen LogP contribution in [0.15, 0.2) is 0 Å². The molecule has 0 unspecified atom stereocenters. The maximum Gasteiger partial charge on any atom is 0.281 e. The van der Waals surface area contributed by atoms with Crippen LogP contribution in [0.1, 0.15) is 20.3 Å². The van der Waals surface area contributed by atoms with Crippen LogP contribution >= 0.6 is 0 Å². The molecule has 1 aliphatic heterocycles. The topological polar surface area (TPSA) is 69.7 Å². The van der Waals surface area contributed by atoms with Gasteiger partial charge < -0.3 is 5.32 Å². The zero-order valence-corrected chi connectivity index (χ0v) is 13.6. The van der Waals surface area contributed by atoms with Crippen molar-refractivity contribution < 1.29 is 12.6 Å². The van der Waals surface area contributed by atoms with E-state index in [0.717, 1.165) is 13.0 Å². The molecule has 1 N–H and O–H groups in total. The Bertz CT molecular complexity index is 388. The Hall–Kier alpha value is -0.0200. The van der Waals surface area contributed by atoms with Crippen LogP contribution in [0, 0.1) is 0 Å². The first-order valence-electron chi connectivity index (χ1n) is 6.64. The van der Waals surface area contributed by atoms with Crippen LogP contribution in [0.4, 0.5) is 0 Å². The molecule has 114 valence electrons. The summed E-state index contributed by atoms with van der Waals surface area (Å²) in [5.41, 5.74) is 0. The third-order valence-electron chi connectivity index (χ3n) is 3.06. The molecule has 0 atom stereocenters. The molecule has 0 amide bonds. The second kappa shape index (κ2) is 7.68. The van der Waals surface area contributed by atoms with E-state index in [0.29, 0.717) is 37.2 Å². The summed E-state index contributed by atoms with van der Waals surface area (Å²) in [6.45, 7) is 6.17. The molecule has 0 radical (unpaired) electrons. The Kier molecular flexibility index (Phi) is 6.89. The van der Waals surface area contributed by atoms with E-state index in [2.05, 4.69) is 19.2 Å². The Morgan fingerprint density at radius 2 is 1.89 bits per heavy atom. The van der Waals surface area contributed by atoms with Gasteiger partial charge in [-0.2, -0.15) is 17.0 Å². The van der Waals surface area contributed by atoms with Gasteiger partial charge in [0, 0.05) is 55.0 Å². The highest BCUT2D eigenvalue weighted by Crippen LogP contribution is 2.10. The fourth-order valence-corrected chi connectivity index (χ4v) is 4.54. The summed E-state index contributed by atoms with van der Waals surface area (Å²) >= 11 is 0. The van der Waals surface area contributed by atoms with Crippen molar-refractivity contribution in [3.05, 3.63) is 0 Å². The summed E-state index contributed by atoms with van der Waals surface area (Å²) in [5, 5.41) is 3.26. The SMILES string of the molecule is CC(C)NCCCN(C)S(=O)(=O)N1CCS(=O)CC1. The molecular weight excluding hydrogens is 286 g/mol. The van der Waals surface area contributed by atoms with Gasteiger partial charge in [-0.25, -0.2) is 0 Å². The van der Waals surface area contributed by atoms with E-state index in [-0.39, 0.29) is 0 Å². The highest BCUT2D eigenvalue weighted by Gasteiger charge is 2.29. The number of nitrogens with one attached hydrogen (secondary N) is 1. The lowest BCUT2D eigenvalue weighted by molar-refractivity contribution is 0.369. The maximum atomic E-state index is 12.3. The zero-order chi connectivity index (χ0) is 14.5. The van der Waals surface area contributed by atoms with E-state index >= 15 is 0 Å². The molecule has 19 heavy (non-hydrogen) atoms. The molecule has 1 fully saturated rings. The lowest BCUT2D eigenvalue weighted by Crippen LogP contribution is -2.48. The van der Waals surface area contributed by atoms with E-state index in [9.17, 15) is 12.6 Å². The Labute approximate surface area is 119 Å². The van der Waals surface area contributed by atoms with Crippen molar-refractivity contribution in [2.75, 3.05) is 44.7 Å². The van der Waals surface area contributed by atoms with Crippen LogP contribution in [0.3, 0.4) is 0 Å². The molecule has 8 heteroatoms. The smallest absolute Gasteiger partial charge is 0.281 e. The first kappa shape index (κ1) is 17.0. The van der Waals surface area contributed by atoms with Crippen molar-refractivity contribution in [1.82, 2.24) is 13.9 Å². The van der Waals surface area contributed by atoms with Crippen LogP contribution in [0.2, 0.25) is 0 Å². The third-order valence-corrected chi connectivity index (χ3v) is 6.32. The van der Waals surface area contributed by atoms with Gasteiger partial charge in [-0.1, -0.05) is 13.8 Å². The standard InChI is InChI=1S/C11H25N3O3S2/c1-11(2)12-5-4-6-13(3)19(16,17)14-7-9-18(15)10-8-14/h11-12H,4-10H2,1-3H3. The Morgan fingerprint density at radius 1 is 1.32 bits per heavy atom. The van der Waals surface area contributed by atoms with Crippen LogP contribution in [0.5, 0.6) is 0 Å². The first-order valence-corrected chi connectivity index (χ1v) is 9.52. The highest BCUT2D eigenvalue weighted by atomic mass is 32.2. The van der Waals surface area contributed by atoms with Gasteiger partial charge in [0.25, 0.3) is 10.2 Å². The summed E-state index contributed by atoms with van der Waals surface area (Å²) < 4.78 is 38.6. The number of hydrogen-bond acceptors (Lipinski definition) is 4. The number of nitrogens with zero attached hydrogens (tertiary/aromatic N) is 2. The zero-order valence-electron chi connectivity index (χ0n) is 12.0. The van der Waals surface area contributed by atoms with Gasteiger partial charge in [-0.3, -0.25) is 4.21 Å². The van der Waals surface area contributed by atoms with Gasteiger partial charge >= 0.3 is 0 Å². The molecule has 0 aromatic heterocycles. The minimum absolute atomic E-state index is 0.365. The second-order valence-corrected chi connectivity index (χ2v) is 8.77. The van der Waals surface area contributed by atoms with Crippen LogP contribution < -0.4 is 5.32 Å². The minimum atomic E-state index is -3.38. The monoisotopic (exact) mass is 311 g/mol. The molecule has 1 aliphatic rings. The van der Waals surface area contributed by atoms with Gasteiger partial charge in [0.05, 0.1) is 0 Å². The molecule has 1 heterocycles. The summed E-state index contributed by atoms with van der Waals surface area (Å²) in [5.74, 6) is 0.893. The molecule has 0 aliphatic carbocycles. The largest absolute Gasteiger partial charge is 0.314 e. The van der Waals surface area contributed by atoms with Gasteiger partial charge in [-0.15, -0.1) is 0 Å². The molecule has 1 rings (SSSR count). The maximum absolute atomic E-state index is 12.3. The lowest BCUT2D eigenvalue weighted by Gasteiger charge is -2.29. The van der Waals surface area contributed by atoms with Crippen molar-refractivity contribution in [2.45, 2.75) is 26.3 Å². The van der Waals surface area contributed by atoms with E-state index in [1.807, 2.05) is 0 Å². The molecule has 0 spiro atoms. The Balaban J connectivity index is 2.41. The lowest BCUT2D eigenvalue weighted by atomic mass is 10.3. The summed E-state index contributed by atoms with van der Waals surface area (Å²) in [4.78, 5) is 0. The summed E-state index contributed by atoms with van der Waals surface area (Å²) in [7, 11) is -2.63. The number of rotatable bonds is 7. The second-order valence-electron chi connectivity index (χ2n) is 5.04. The normalized spacial score (nSPS) is 19.4. The first-order chi connectivity index (χ1) is 8.84. The number of hydrogen-bond donors (Lipinski definition) is 1. The fraction of sp³-hybridized carbons (Fsp3) is 1.00. The third kappa shape index (κ3) is 5.47. The quantitative estimate of drug-likeness (QED) is 0.651. The molecule has 0 aromatic rings. The van der Waals surface area contributed by atoms with Crippen molar-refractivity contribution in [3.8, 4) is 0 Å². The average molecular weight is 311 g/mol. The molecular formula is C11H25N3O3S2. The van der Waals surface area contributed by atoms with Crippen molar-refractivity contribution >= 4 is 21.0 Å². The molecule has 0 saturated carbocycles. The van der Waals surface area contributed by atoms with Crippen LogP contribution in [-0.4, -0.2) is 72.0 Å². The summed E-state index contributed by atoms with van der Waals surface area (Å²) in [6, 6.07) is 0.416. The average Bonchev–Trinajstić information content (AvgIpc) is 2.34. The van der Waals surface area contributed by atoms with Gasteiger partial charge in [0.15, 0.2) is 0 Å². The van der Waals surface area contributed by atoms with E-state index < -0.39 is 21.0 Å². The molecule has 6 nitrogen and oxygen atoms in total. The molecule has 0 bridgehead atoms. The fourth-order valence-electron chi connectivity index (χ4n) is 1.86. The Morgan fingerprint density at radius 3 is 2.42 bits per heavy atom. The van der Waals surface area contributed by atoms with E-state index in [4.69, 9.17) is 0 Å². The predicted molar refractivity (Wildman–Crippen MR) is 78.8 cm³/mol. The van der Waals surface area contributed by atoms with Crippen LogP contribution in [-0.2, 0) is 21.0 Å². The summed E-state index contributed by atoms with van der Waals surface area (Å²) in [6.07, 6.45) is 0.785. The van der Waals surface area contributed by atoms with Crippen LogP contribution in [0.25, 0.3) is 0 Å². The van der Waals surface area contributed by atoms with E-state index in [1.165, 1.54) is 8.61 Å². The van der Waals surface area contributed by atoms with Crippen molar-refractivity contribution in [2.24, 2.45) is 0 Å². The molecule has 1 saturated heterocycles. The van der Waals surface area contributed by atoms with Gasteiger partial charge in [0.2, 0.25) is 0 Å². The van der Waals surface area contributed by atoms with Crippen molar-refractivity contribution in [3.63, 3.8) is 0 Å². The predicted octanol–water partition coefficient (Wildman–Crippen LogP) is -0.385. The van der Waals surface area contributed by atoms with Gasteiger partial charge in [0.1, 0.15) is 0 Å². The van der Waals surface area contributed by atoms with Gasteiger partial charge in [-0.05, 0) is 13.0 Å². The van der Waals surface area contributed by atoms with Crippen molar-refractivity contribution in [1.29, 1.82) is 0 Å². The highest BCUT2D eigenvalue weighted by molar-refractivity contribution is 7.87. The molecule has 0 aromatic carbocycles.